The van der Waals surface area contributed by atoms with Crippen LogP contribution in [0.25, 0.3) is 0 Å². The standard InChI is InChI=1S/C24H23N5O9S2/c1-16-8-10-19(12-23(16)28(31)32)39(35,36)26-14-25(18(3)30)15-27(22-7-5-4-6-21(22)26)40(37,38)20-11-9-17(2)24(13-20)29(33)34/h4-13H,14-15H2,1-3H3. The van der Waals surface area contributed by atoms with Gasteiger partial charge >= 0.3 is 0 Å². The molecule has 210 valence electrons. The number of nitrogens with zero attached hydrogens (tertiary/aromatic N) is 5. The molecule has 14 nitrogen and oxygen atoms in total. The number of carbonyl (C=O) groups is 1. The smallest absolute Gasteiger partial charge is 0.273 e. The predicted molar refractivity (Wildman–Crippen MR) is 144 cm³/mol. The number of para-hydroxylation sites is 2. The van der Waals surface area contributed by atoms with Gasteiger partial charge in [-0.1, -0.05) is 24.3 Å². The maximum absolute atomic E-state index is 13.9. The Morgan fingerprint density at radius 1 is 0.725 bits per heavy atom. The molecule has 16 heteroatoms. The Morgan fingerprint density at radius 3 is 1.43 bits per heavy atom. The summed E-state index contributed by atoms with van der Waals surface area (Å²) >= 11 is 0. The summed E-state index contributed by atoms with van der Waals surface area (Å²) in [6, 6.07) is 12.3. The Kier molecular flexibility index (Phi) is 7.25. The van der Waals surface area contributed by atoms with E-state index in [1.165, 1.54) is 62.4 Å². The van der Waals surface area contributed by atoms with E-state index >= 15 is 0 Å². The molecule has 0 fully saturated rings. The second-order valence-electron chi connectivity index (χ2n) is 8.95. The van der Waals surface area contributed by atoms with Crippen molar-refractivity contribution < 1.29 is 31.5 Å². The number of fused-ring (bicyclic) bond motifs is 1. The molecule has 0 spiro atoms. The molecule has 0 unspecified atom stereocenters. The van der Waals surface area contributed by atoms with Crippen molar-refractivity contribution in [3.63, 3.8) is 0 Å². The number of carbonyl (C=O) groups excluding carboxylic acids is 1. The van der Waals surface area contributed by atoms with Crippen molar-refractivity contribution in [2.24, 2.45) is 0 Å². The van der Waals surface area contributed by atoms with Crippen LogP contribution in [0.1, 0.15) is 18.1 Å². The number of nitro groups is 2. The Balaban J connectivity index is 1.93. The minimum atomic E-state index is -4.57. The quantitative estimate of drug-likeness (QED) is 0.308. The predicted octanol–water partition coefficient (Wildman–Crippen LogP) is 3.29. The van der Waals surface area contributed by atoms with Gasteiger partial charge in [0.15, 0.2) is 0 Å². The minimum absolute atomic E-state index is 0.125. The Labute approximate surface area is 229 Å². The zero-order valence-electron chi connectivity index (χ0n) is 21.4. The molecule has 0 radical (unpaired) electrons. The van der Waals surface area contributed by atoms with Crippen LogP contribution in [0.5, 0.6) is 0 Å². The third kappa shape index (κ3) is 4.93. The van der Waals surface area contributed by atoms with Crippen LogP contribution in [0, 0.1) is 34.1 Å². The van der Waals surface area contributed by atoms with Gasteiger partial charge < -0.3 is 4.90 Å². The summed E-state index contributed by atoms with van der Waals surface area (Å²) in [4.78, 5) is 34.2. The Morgan fingerprint density at radius 2 is 1.10 bits per heavy atom. The number of aryl methyl sites for hydroxylation is 2. The summed E-state index contributed by atoms with van der Waals surface area (Å²) in [5.41, 5.74) is -0.653. The summed E-state index contributed by atoms with van der Waals surface area (Å²) in [6.07, 6.45) is 0. The lowest BCUT2D eigenvalue weighted by molar-refractivity contribution is -0.385. The molecular formula is C24H23N5O9S2. The van der Waals surface area contributed by atoms with Crippen molar-refractivity contribution in [2.45, 2.75) is 30.6 Å². The van der Waals surface area contributed by atoms with Gasteiger partial charge in [-0.25, -0.2) is 25.4 Å². The molecule has 0 aromatic heterocycles. The van der Waals surface area contributed by atoms with E-state index in [2.05, 4.69) is 0 Å². The number of sulfonamides is 2. The second-order valence-corrected chi connectivity index (χ2v) is 12.7. The second kappa shape index (κ2) is 10.2. The summed E-state index contributed by atoms with van der Waals surface area (Å²) in [6.45, 7) is 2.79. The third-order valence-electron chi connectivity index (χ3n) is 6.39. The fourth-order valence-electron chi connectivity index (χ4n) is 4.15. The zero-order valence-corrected chi connectivity index (χ0v) is 23.0. The van der Waals surface area contributed by atoms with Gasteiger partial charge in [-0.15, -0.1) is 0 Å². The van der Waals surface area contributed by atoms with Gasteiger partial charge in [0.2, 0.25) is 5.91 Å². The van der Waals surface area contributed by atoms with Crippen molar-refractivity contribution in [1.82, 2.24) is 4.90 Å². The van der Waals surface area contributed by atoms with Crippen molar-refractivity contribution in [1.29, 1.82) is 0 Å². The summed E-state index contributed by atoms with van der Waals surface area (Å²) in [5, 5.41) is 23.0. The van der Waals surface area contributed by atoms with Gasteiger partial charge in [0, 0.05) is 30.2 Å². The highest BCUT2D eigenvalue weighted by Crippen LogP contribution is 2.39. The molecule has 0 bridgehead atoms. The molecule has 40 heavy (non-hydrogen) atoms. The van der Waals surface area contributed by atoms with Crippen LogP contribution >= 0.6 is 0 Å². The van der Waals surface area contributed by atoms with E-state index in [9.17, 15) is 41.9 Å². The van der Waals surface area contributed by atoms with Crippen LogP contribution in [0.4, 0.5) is 22.7 Å². The van der Waals surface area contributed by atoms with Crippen molar-refractivity contribution in [3.05, 3.63) is 92.0 Å². The lowest BCUT2D eigenvalue weighted by atomic mass is 10.2. The highest BCUT2D eigenvalue weighted by molar-refractivity contribution is 7.93. The van der Waals surface area contributed by atoms with Crippen LogP contribution in [0.3, 0.4) is 0 Å². The fourth-order valence-corrected chi connectivity index (χ4v) is 7.07. The van der Waals surface area contributed by atoms with Gasteiger partial charge in [0.1, 0.15) is 13.3 Å². The normalized spacial score (nSPS) is 13.9. The Hall–Kier alpha value is -4.57. The van der Waals surface area contributed by atoms with Crippen LogP contribution in [-0.2, 0) is 24.8 Å². The van der Waals surface area contributed by atoms with Crippen LogP contribution in [0.15, 0.2) is 70.5 Å². The van der Waals surface area contributed by atoms with Gasteiger partial charge in [0.25, 0.3) is 31.4 Å². The monoisotopic (exact) mass is 589 g/mol. The number of anilines is 2. The van der Waals surface area contributed by atoms with E-state index in [-0.39, 0.29) is 22.5 Å². The molecular weight excluding hydrogens is 566 g/mol. The summed E-state index contributed by atoms with van der Waals surface area (Å²) in [5.74, 6) is -0.669. The highest BCUT2D eigenvalue weighted by atomic mass is 32.2. The molecule has 4 rings (SSSR count). The van der Waals surface area contributed by atoms with Crippen LogP contribution in [0.2, 0.25) is 0 Å². The molecule has 3 aromatic rings. The maximum atomic E-state index is 13.9. The van der Waals surface area contributed by atoms with E-state index in [1.54, 1.807) is 0 Å². The number of rotatable bonds is 6. The molecule has 1 aliphatic heterocycles. The van der Waals surface area contributed by atoms with Gasteiger partial charge in [0.05, 0.1) is 31.0 Å². The van der Waals surface area contributed by atoms with Gasteiger partial charge in [-0.2, -0.15) is 0 Å². The molecule has 1 aliphatic rings. The topological polar surface area (TPSA) is 181 Å². The van der Waals surface area contributed by atoms with Crippen molar-refractivity contribution in [2.75, 3.05) is 21.9 Å². The van der Waals surface area contributed by atoms with E-state index < -0.39 is 70.3 Å². The zero-order chi connectivity index (χ0) is 29.6. The average Bonchev–Trinajstić information content (AvgIpc) is 3.07. The van der Waals surface area contributed by atoms with E-state index in [0.717, 1.165) is 32.6 Å². The van der Waals surface area contributed by atoms with Crippen molar-refractivity contribution in [3.8, 4) is 0 Å². The number of hydrogen-bond acceptors (Lipinski definition) is 9. The molecule has 0 N–H and O–H groups in total. The first-order chi connectivity index (χ1) is 18.7. The van der Waals surface area contributed by atoms with Gasteiger partial charge in [-0.05, 0) is 38.1 Å². The van der Waals surface area contributed by atoms with E-state index in [4.69, 9.17) is 0 Å². The molecule has 1 amide bonds. The molecule has 0 saturated carbocycles. The lowest BCUT2D eigenvalue weighted by Crippen LogP contribution is -2.46. The molecule has 0 atom stereocenters. The van der Waals surface area contributed by atoms with Crippen molar-refractivity contribution >= 4 is 48.7 Å². The van der Waals surface area contributed by atoms with Crippen LogP contribution in [-0.4, -0.2) is 50.8 Å². The summed E-state index contributed by atoms with van der Waals surface area (Å²) < 4.78 is 57.0. The molecule has 3 aromatic carbocycles. The average molecular weight is 590 g/mol. The molecule has 0 saturated heterocycles. The first-order valence-electron chi connectivity index (χ1n) is 11.6. The first-order valence-corrected chi connectivity index (χ1v) is 14.4. The first kappa shape index (κ1) is 28.4. The Bertz CT molecular complexity index is 1650. The molecule has 1 heterocycles. The number of amides is 1. The third-order valence-corrected chi connectivity index (χ3v) is 9.88. The van der Waals surface area contributed by atoms with Crippen LogP contribution < -0.4 is 8.61 Å². The van der Waals surface area contributed by atoms with E-state index in [0.29, 0.717) is 0 Å². The number of benzene rings is 3. The fraction of sp³-hybridized carbons (Fsp3) is 0.208. The summed E-state index contributed by atoms with van der Waals surface area (Å²) in [7, 11) is -9.14. The number of nitro benzene ring substituents is 2. The number of hydrogen-bond donors (Lipinski definition) is 0. The lowest BCUT2D eigenvalue weighted by Gasteiger charge is -2.28. The molecule has 0 aliphatic carbocycles. The minimum Gasteiger partial charge on any atom is -0.305 e. The highest BCUT2D eigenvalue weighted by Gasteiger charge is 2.39. The maximum Gasteiger partial charge on any atom is 0.273 e. The van der Waals surface area contributed by atoms with E-state index in [1.807, 2.05) is 0 Å². The largest absolute Gasteiger partial charge is 0.305 e. The van der Waals surface area contributed by atoms with Gasteiger partial charge in [-0.3, -0.25) is 25.0 Å². The SMILES string of the molecule is CC(=O)N1CN(S(=O)(=O)c2ccc(C)c([N+](=O)[O-])c2)c2ccccc2N(S(=O)(=O)c2ccc(C)c([N+](=O)[O-])c2)C1.